The number of fused-ring (bicyclic) bond motifs is 3. The molecule has 4 rings (SSSR count). The minimum absolute atomic E-state index is 0.0582. The van der Waals surface area contributed by atoms with Crippen molar-refractivity contribution in [3.05, 3.63) is 41.9 Å². The van der Waals surface area contributed by atoms with Crippen LogP contribution < -0.4 is 14.8 Å². The zero-order valence-electron chi connectivity index (χ0n) is 15.8. The van der Waals surface area contributed by atoms with E-state index in [0.717, 1.165) is 34.4 Å². The molecule has 3 aromatic rings. The van der Waals surface area contributed by atoms with Crippen LogP contribution in [0.15, 0.2) is 30.6 Å². The highest BCUT2D eigenvalue weighted by atomic mass is 16.5. The molecule has 0 fully saturated rings. The van der Waals surface area contributed by atoms with Gasteiger partial charge >= 0.3 is 0 Å². The minimum atomic E-state index is -0.159. The van der Waals surface area contributed by atoms with E-state index in [-0.39, 0.29) is 18.1 Å². The number of rotatable bonds is 6. The summed E-state index contributed by atoms with van der Waals surface area (Å²) in [4.78, 5) is 16.0. The molecule has 0 bridgehead atoms. The summed E-state index contributed by atoms with van der Waals surface area (Å²) in [5, 5.41) is 8.05. The van der Waals surface area contributed by atoms with Crippen molar-refractivity contribution >= 4 is 16.8 Å². The Morgan fingerprint density at radius 1 is 1.52 bits per heavy atom. The monoisotopic (exact) mass is 368 g/mol. The largest absolute Gasteiger partial charge is 0.493 e. The highest BCUT2D eigenvalue weighted by Crippen LogP contribution is 2.41. The molecular weight excluding hydrogens is 344 g/mol. The van der Waals surface area contributed by atoms with Gasteiger partial charge in [-0.25, -0.2) is 0 Å². The van der Waals surface area contributed by atoms with Gasteiger partial charge in [-0.05, 0) is 39.0 Å². The van der Waals surface area contributed by atoms with Crippen LogP contribution in [-0.2, 0) is 13.0 Å². The summed E-state index contributed by atoms with van der Waals surface area (Å²) in [6.45, 7) is 7.13. The smallest absolute Gasteiger partial charge is 0.268 e. The van der Waals surface area contributed by atoms with Gasteiger partial charge in [-0.2, -0.15) is 5.10 Å². The lowest BCUT2D eigenvalue weighted by atomic mass is 10.1. The number of benzene rings is 1. The molecule has 2 N–H and O–H groups in total. The van der Waals surface area contributed by atoms with Crippen LogP contribution in [0, 0.1) is 0 Å². The van der Waals surface area contributed by atoms with Crippen molar-refractivity contribution in [2.24, 2.45) is 0 Å². The molecule has 7 nitrogen and oxygen atoms in total. The van der Waals surface area contributed by atoms with Crippen LogP contribution in [0.25, 0.3) is 10.9 Å². The predicted molar refractivity (Wildman–Crippen MR) is 102 cm³/mol. The van der Waals surface area contributed by atoms with Crippen molar-refractivity contribution in [3.8, 4) is 11.5 Å². The van der Waals surface area contributed by atoms with Gasteiger partial charge < -0.3 is 19.8 Å². The fraction of sp³-hybridized carbons (Fsp3) is 0.400. The summed E-state index contributed by atoms with van der Waals surface area (Å²) in [5.74, 6) is 1.45. The van der Waals surface area contributed by atoms with E-state index in [1.165, 1.54) is 0 Å². The molecule has 0 aliphatic carbocycles. The highest BCUT2D eigenvalue weighted by molar-refractivity contribution is 6.02. The Balaban J connectivity index is 1.61. The maximum atomic E-state index is 12.7. The summed E-state index contributed by atoms with van der Waals surface area (Å²) in [6, 6.07) is 5.67. The van der Waals surface area contributed by atoms with E-state index < -0.39 is 0 Å². The first-order chi connectivity index (χ1) is 13.0. The standard InChI is InChI=1S/C20H24N4O3/c1-4-26-17-9-14-8-13(3)27-19(14)18-15(17)10-16(23-18)20(25)22-12(2)11-24-7-5-6-21-24/h5-7,9-10,12-13,23H,4,8,11H2,1-3H3,(H,22,25)/t12-,13-/m0/s1. The Hall–Kier alpha value is -2.96. The van der Waals surface area contributed by atoms with Gasteiger partial charge in [0, 0.05) is 35.8 Å². The van der Waals surface area contributed by atoms with Crippen LogP contribution in [-0.4, -0.2) is 39.4 Å². The van der Waals surface area contributed by atoms with Crippen LogP contribution in [0.5, 0.6) is 11.5 Å². The first-order valence-electron chi connectivity index (χ1n) is 9.31. The van der Waals surface area contributed by atoms with Crippen molar-refractivity contribution in [2.75, 3.05) is 6.61 Å². The number of nitrogens with zero attached hydrogens (tertiary/aromatic N) is 2. The molecule has 0 saturated carbocycles. The van der Waals surface area contributed by atoms with Gasteiger partial charge in [0.1, 0.15) is 23.3 Å². The number of carbonyl (C=O) groups excluding carboxylic acids is 1. The lowest BCUT2D eigenvalue weighted by Crippen LogP contribution is -2.35. The molecule has 0 radical (unpaired) electrons. The number of carbonyl (C=O) groups is 1. The van der Waals surface area contributed by atoms with Gasteiger partial charge in [0.15, 0.2) is 0 Å². The van der Waals surface area contributed by atoms with E-state index in [4.69, 9.17) is 9.47 Å². The topological polar surface area (TPSA) is 81.2 Å². The van der Waals surface area contributed by atoms with Crippen LogP contribution in [0.4, 0.5) is 0 Å². The molecule has 0 spiro atoms. The highest BCUT2D eigenvalue weighted by Gasteiger charge is 2.26. The quantitative estimate of drug-likeness (QED) is 0.701. The van der Waals surface area contributed by atoms with E-state index in [9.17, 15) is 4.79 Å². The number of aromatic nitrogens is 3. The van der Waals surface area contributed by atoms with Crippen molar-refractivity contribution in [1.82, 2.24) is 20.1 Å². The van der Waals surface area contributed by atoms with E-state index in [1.54, 1.807) is 10.9 Å². The second kappa shape index (κ2) is 6.98. The molecule has 3 heterocycles. The number of aromatic amines is 1. The number of hydrogen-bond donors (Lipinski definition) is 2. The van der Waals surface area contributed by atoms with Crippen LogP contribution in [0.1, 0.15) is 36.8 Å². The minimum Gasteiger partial charge on any atom is -0.493 e. The molecule has 1 aliphatic rings. The fourth-order valence-corrected chi connectivity index (χ4v) is 3.56. The zero-order valence-corrected chi connectivity index (χ0v) is 15.8. The molecule has 2 aromatic heterocycles. The Bertz CT molecular complexity index is 961. The molecular formula is C20H24N4O3. The summed E-state index contributed by atoms with van der Waals surface area (Å²) >= 11 is 0. The first-order valence-corrected chi connectivity index (χ1v) is 9.31. The van der Waals surface area contributed by atoms with E-state index in [2.05, 4.69) is 15.4 Å². The van der Waals surface area contributed by atoms with Gasteiger partial charge in [0.2, 0.25) is 0 Å². The zero-order chi connectivity index (χ0) is 19.0. The second-order valence-corrected chi connectivity index (χ2v) is 7.00. The van der Waals surface area contributed by atoms with E-state index in [0.29, 0.717) is 18.8 Å². The second-order valence-electron chi connectivity index (χ2n) is 7.00. The van der Waals surface area contributed by atoms with Gasteiger partial charge in [-0.15, -0.1) is 0 Å². The van der Waals surface area contributed by atoms with Crippen LogP contribution in [0.3, 0.4) is 0 Å². The average molecular weight is 368 g/mol. The maximum absolute atomic E-state index is 12.7. The Morgan fingerprint density at radius 2 is 2.37 bits per heavy atom. The summed E-state index contributed by atoms with van der Waals surface area (Å²) in [6.07, 6.45) is 4.56. The average Bonchev–Trinajstić information content (AvgIpc) is 3.33. The van der Waals surface area contributed by atoms with Crippen molar-refractivity contribution < 1.29 is 14.3 Å². The van der Waals surface area contributed by atoms with Gasteiger partial charge in [-0.3, -0.25) is 9.48 Å². The molecule has 142 valence electrons. The molecule has 0 saturated heterocycles. The predicted octanol–water partition coefficient (Wildman–Crippen LogP) is 2.91. The van der Waals surface area contributed by atoms with Gasteiger partial charge in [0.05, 0.1) is 18.7 Å². The Kier molecular flexibility index (Phi) is 4.51. The van der Waals surface area contributed by atoms with Crippen molar-refractivity contribution in [1.29, 1.82) is 0 Å². The summed E-state index contributed by atoms with van der Waals surface area (Å²) in [5.41, 5.74) is 2.43. The summed E-state index contributed by atoms with van der Waals surface area (Å²) in [7, 11) is 0. The van der Waals surface area contributed by atoms with Gasteiger partial charge in [0.25, 0.3) is 5.91 Å². The van der Waals surface area contributed by atoms with Crippen LogP contribution in [0.2, 0.25) is 0 Å². The third-order valence-electron chi connectivity index (χ3n) is 4.68. The Morgan fingerprint density at radius 3 is 3.11 bits per heavy atom. The summed E-state index contributed by atoms with van der Waals surface area (Å²) < 4.78 is 13.6. The fourth-order valence-electron chi connectivity index (χ4n) is 3.56. The van der Waals surface area contributed by atoms with Crippen LogP contribution >= 0.6 is 0 Å². The van der Waals surface area contributed by atoms with Crippen molar-refractivity contribution in [2.45, 2.75) is 45.9 Å². The number of amides is 1. The first kappa shape index (κ1) is 17.5. The van der Waals surface area contributed by atoms with E-state index in [1.807, 2.05) is 45.2 Å². The number of H-pyrrole nitrogens is 1. The molecule has 0 unspecified atom stereocenters. The SMILES string of the molecule is CCOc1cc2c(c3[nH]c(C(=O)N[C@@H](C)Cn4cccn4)cc13)O[C@@H](C)C2. The molecule has 7 heteroatoms. The van der Waals surface area contributed by atoms with E-state index >= 15 is 0 Å². The number of hydrogen-bond acceptors (Lipinski definition) is 4. The number of nitrogens with one attached hydrogen (secondary N) is 2. The molecule has 27 heavy (non-hydrogen) atoms. The lowest BCUT2D eigenvalue weighted by molar-refractivity contribution is 0.0932. The lowest BCUT2D eigenvalue weighted by Gasteiger charge is -2.13. The number of ether oxygens (including phenoxy) is 2. The third-order valence-corrected chi connectivity index (χ3v) is 4.68. The molecule has 1 aromatic carbocycles. The third kappa shape index (κ3) is 3.37. The normalized spacial score (nSPS) is 16.8. The van der Waals surface area contributed by atoms with Gasteiger partial charge in [-0.1, -0.05) is 0 Å². The molecule has 1 amide bonds. The van der Waals surface area contributed by atoms with Crippen molar-refractivity contribution in [3.63, 3.8) is 0 Å². The molecule has 1 aliphatic heterocycles. The Labute approximate surface area is 157 Å². The maximum Gasteiger partial charge on any atom is 0.268 e. The molecule has 2 atom stereocenters.